The van der Waals surface area contributed by atoms with Crippen molar-refractivity contribution in [2.24, 2.45) is 0 Å². The van der Waals surface area contributed by atoms with E-state index in [9.17, 15) is 9.59 Å². The summed E-state index contributed by atoms with van der Waals surface area (Å²) in [6, 6.07) is 25.8. The molecule has 0 spiro atoms. The highest BCUT2D eigenvalue weighted by Gasteiger charge is 2.29. The highest BCUT2D eigenvalue weighted by atomic mass is 16.2. The molecule has 164 valence electrons. The quantitative estimate of drug-likeness (QED) is 0.601. The molecule has 4 rings (SSSR count). The number of hydrogen-bond acceptors (Lipinski definition) is 2. The molecule has 1 heterocycles. The third kappa shape index (κ3) is 4.75. The predicted molar refractivity (Wildman–Crippen MR) is 128 cm³/mol. The fourth-order valence-electron chi connectivity index (χ4n) is 4.35. The number of amides is 2. The van der Waals surface area contributed by atoms with Crippen LogP contribution in [-0.2, 0) is 4.79 Å². The van der Waals surface area contributed by atoms with Crippen LogP contribution in [-0.4, -0.2) is 47.8 Å². The Morgan fingerprint density at radius 3 is 1.84 bits per heavy atom. The van der Waals surface area contributed by atoms with Crippen molar-refractivity contribution in [1.29, 1.82) is 0 Å². The molecule has 0 N–H and O–H groups in total. The fraction of sp³-hybridized carbons (Fsp3) is 0.286. The highest BCUT2D eigenvalue weighted by Crippen LogP contribution is 2.27. The lowest BCUT2D eigenvalue weighted by Gasteiger charge is -2.27. The number of rotatable bonds is 4. The zero-order valence-electron chi connectivity index (χ0n) is 18.8. The standard InChI is InChI=1S/C28H30N2O2/c1-21-14-15-25(20-22(21)2)27(31)29-16-9-17-30(19-18-29)28(32)26(23-10-5-3-6-11-23)24-12-7-4-8-13-24/h3-8,10-15,20,26H,9,16-19H2,1-2H3. The summed E-state index contributed by atoms with van der Waals surface area (Å²) < 4.78 is 0. The molecule has 1 aliphatic rings. The number of nitrogens with zero attached hydrogens (tertiary/aromatic N) is 2. The molecule has 3 aromatic rings. The fourth-order valence-corrected chi connectivity index (χ4v) is 4.35. The minimum absolute atomic E-state index is 0.0464. The molecule has 0 aliphatic carbocycles. The lowest BCUT2D eigenvalue weighted by Crippen LogP contribution is -2.39. The van der Waals surface area contributed by atoms with Crippen LogP contribution in [0.15, 0.2) is 78.9 Å². The Hall–Kier alpha value is -3.40. The monoisotopic (exact) mass is 426 g/mol. The van der Waals surface area contributed by atoms with E-state index in [-0.39, 0.29) is 17.7 Å². The van der Waals surface area contributed by atoms with Gasteiger partial charge in [0.15, 0.2) is 0 Å². The van der Waals surface area contributed by atoms with Crippen molar-refractivity contribution in [1.82, 2.24) is 9.80 Å². The summed E-state index contributed by atoms with van der Waals surface area (Å²) in [6.45, 7) is 6.50. The molecule has 3 aromatic carbocycles. The van der Waals surface area contributed by atoms with Gasteiger partial charge in [0, 0.05) is 31.7 Å². The Morgan fingerprint density at radius 1 is 0.688 bits per heavy atom. The number of benzene rings is 3. The van der Waals surface area contributed by atoms with Crippen molar-refractivity contribution in [3.63, 3.8) is 0 Å². The van der Waals surface area contributed by atoms with Crippen molar-refractivity contribution in [3.05, 3.63) is 107 Å². The van der Waals surface area contributed by atoms with E-state index in [4.69, 9.17) is 0 Å². The SMILES string of the molecule is Cc1ccc(C(=O)N2CCCN(C(=O)C(c3ccccc3)c3ccccc3)CC2)cc1C. The number of carbonyl (C=O) groups is 2. The Kier molecular flexibility index (Phi) is 6.69. The zero-order valence-corrected chi connectivity index (χ0v) is 18.8. The molecule has 4 nitrogen and oxygen atoms in total. The molecule has 1 aliphatic heterocycles. The van der Waals surface area contributed by atoms with E-state index in [0.717, 1.165) is 28.7 Å². The average molecular weight is 427 g/mol. The summed E-state index contributed by atoms with van der Waals surface area (Å²) in [4.78, 5) is 30.6. The van der Waals surface area contributed by atoms with Crippen molar-refractivity contribution in [2.45, 2.75) is 26.2 Å². The van der Waals surface area contributed by atoms with Crippen LogP contribution in [0.3, 0.4) is 0 Å². The molecule has 0 unspecified atom stereocenters. The topological polar surface area (TPSA) is 40.6 Å². The maximum absolute atomic E-state index is 13.7. The predicted octanol–water partition coefficient (Wildman–Crippen LogP) is 4.81. The molecule has 1 fully saturated rings. The van der Waals surface area contributed by atoms with Gasteiger partial charge in [-0.25, -0.2) is 0 Å². The summed E-state index contributed by atoms with van der Waals surface area (Å²) in [6.07, 6.45) is 0.776. The van der Waals surface area contributed by atoms with Crippen molar-refractivity contribution in [2.75, 3.05) is 26.2 Å². The first-order chi connectivity index (χ1) is 15.5. The van der Waals surface area contributed by atoms with Gasteiger partial charge < -0.3 is 9.80 Å². The first-order valence-corrected chi connectivity index (χ1v) is 11.3. The molecule has 0 aromatic heterocycles. The molecule has 0 bridgehead atoms. The van der Waals surface area contributed by atoms with E-state index in [2.05, 4.69) is 6.92 Å². The minimum atomic E-state index is -0.334. The van der Waals surface area contributed by atoms with Crippen LogP contribution in [0.25, 0.3) is 0 Å². The summed E-state index contributed by atoms with van der Waals surface area (Å²) in [5.74, 6) is -0.188. The second-order valence-electron chi connectivity index (χ2n) is 8.52. The van der Waals surface area contributed by atoms with Gasteiger partial charge in [-0.05, 0) is 54.7 Å². The molecule has 0 atom stereocenters. The summed E-state index contributed by atoms with van der Waals surface area (Å²) >= 11 is 0. The Morgan fingerprint density at radius 2 is 1.25 bits per heavy atom. The zero-order chi connectivity index (χ0) is 22.5. The van der Waals surface area contributed by atoms with Gasteiger partial charge >= 0.3 is 0 Å². The van der Waals surface area contributed by atoms with Crippen LogP contribution < -0.4 is 0 Å². The van der Waals surface area contributed by atoms with Gasteiger partial charge in [-0.2, -0.15) is 0 Å². The summed E-state index contributed by atoms with van der Waals surface area (Å²) in [7, 11) is 0. The molecule has 1 saturated heterocycles. The smallest absolute Gasteiger partial charge is 0.253 e. The van der Waals surface area contributed by atoms with Gasteiger partial charge in [0.25, 0.3) is 5.91 Å². The van der Waals surface area contributed by atoms with E-state index in [1.807, 2.05) is 95.6 Å². The van der Waals surface area contributed by atoms with Crippen LogP contribution in [0.1, 0.15) is 45.0 Å². The Labute approximate surface area is 190 Å². The lowest BCUT2D eigenvalue weighted by atomic mass is 9.90. The van der Waals surface area contributed by atoms with E-state index < -0.39 is 0 Å². The molecular formula is C28H30N2O2. The van der Waals surface area contributed by atoms with Gasteiger partial charge in [-0.1, -0.05) is 66.7 Å². The first-order valence-electron chi connectivity index (χ1n) is 11.3. The lowest BCUT2D eigenvalue weighted by molar-refractivity contribution is -0.131. The van der Waals surface area contributed by atoms with Crippen molar-refractivity contribution < 1.29 is 9.59 Å². The molecule has 0 radical (unpaired) electrons. The number of carbonyl (C=O) groups excluding carboxylic acids is 2. The molecule has 32 heavy (non-hydrogen) atoms. The second-order valence-corrected chi connectivity index (χ2v) is 8.52. The Bertz CT molecular complexity index is 1040. The third-order valence-electron chi connectivity index (χ3n) is 6.36. The minimum Gasteiger partial charge on any atom is -0.340 e. The normalized spacial score (nSPS) is 14.3. The van der Waals surface area contributed by atoms with E-state index in [1.54, 1.807) is 0 Å². The van der Waals surface area contributed by atoms with Crippen LogP contribution in [0, 0.1) is 13.8 Å². The average Bonchev–Trinajstić information content (AvgIpc) is 3.08. The van der Waals surface area contributed by atoms with E-state index in [1.165, 1.54) is 5.56 Å². The maximum Gasteiger partial charge on any atom is 0.253 e. The van der Waals surface area contributed by atoms with Gasteiger partial charge in [0.1, 0.15) is 0 Å². The highest BCUT2D eigenvalue weighted by molar-refractivity contribution is 5.94. The van der Waals surface area contributed by atoms with Crippen molar-refractivity contribution >= 4 is 11.8 Å². The third-order valence-corrected chi connectivity index (χ3v) is 6.36. The second kappa shape index (κ2) is 9.82. The molecule has 2 amide bonds. The number of hydrogen-bond donors (Lipinski definition) is 0. The summed E-state index contributed by atoms with van der Waals surface area (Å²) in [5.41, 5.74) is 5.02. The van der Waals surface area contributed by atoms with Crippen LogP contribution >= 0.6 is 0 Å². The van der Waals surface area contributed by atoms with Crippen LogP contribution in [0.2, 0.25) is 0 Å². The number of aryl methyl sites for hydroxylation is 2. The maximum atomic E-state index is 13.7. The Balaban J connectivity index is 1.52. The van der Waals surface area contributed by atoms with E-state index >= 15 is 0 Å². The summed E-state index contributed by atoms with van der Waals surface area (Å²) in [5, 5.41) is 0. The molecule has 4 heteroatoms. The molecule has 0 saturated carbocycles. The largest absolute Gasteiger partial charge is 0.340 e. The first kappa shape index (κ1) is 21.8. The van der Waals surface area contributed by atoms with E-state index in [0.29, 0.717) is 26.2 Å². The van der Waals surface area contributed by atoms with Gasteiger partial charge in [-0.15, -0.1) is 0 Å². The van der Waals surface area contributed by atoms with Gasteiger partial charge in [0.05, 0.1) is 5.92 Å². The van der Waals surface area contributed by atoms with Crippen LogP contribution in [0.5, 0.6) is 0 Å². The van der Waals surface area contributed by atoms with Crippen LogP contribution in [0.4, 0.5) is 0 Å². The van der Waals surface area contributed by atoms with Gasteiger partial charge in [-0.3, -0.25) is 9.59 Å². The van der Waals surface area contributed by atoms with Gasteiger partial charge in [0.2, 0.25) is 5.91 Å². The molecular weight excluding hydrogens is 396 g/mol. The van der Waals surface area contributed by atoms with Crippen molar-refractivity contribution in [3.8, 4) is 0 Å².